The predicted octanol–water partition coefficient (Wildman–Crippen LogP) is 3.55. The average molecular weight is 469 g/mol. The van der Waals surface area contributed by atoms with Crippen LogP contribution in [0.2, 0.25) is 10.0 Å². The Hall–Kier alpha value is -3.01. The van der Waals surface area contributed by atoms with Crippen molar-refractivity contribution in [3.05, 3.63) is 51.1 Å². The zero-order valence-corrected chi connectivity index (χ0v) is 18.0. The number of nitrogens with zero attached hydrogens (tertiary/aromatic N) is 1. The Morgan fingerprint density at radius 3 is 2.39 bits per heavy atom. The number of esters is 1. The van der Waals surface area contributed by atoms with E-state index in [4.69, 9.17) is 42.2 Å². The molecular weight excluding hydrogens is 451 g/mol. The highest BCUT2D eigenvalue weighted by Crippen LogP contribution is 2.39. The van der Waals surface area contributed by atoms with Gasteiger partial charge in [-0.05, 0) is 12.1 Å². The van der Waals surface area contributed by atoms with Gasteiger partial charge < -0.3 is 29.1 Å². The highest BCUT2D eigenvalue weighted by Gasteiger charge is 2.20. The van der Waals surface area contributed by atoms with Crippen LogP contribution in [0.5, 0.6) is 11.5 Å². The third kappa shape index (κ3) is 5.19. The van der Waals surface area contributed by atoms with Gasteiger partial charge in [0.05, 0.1) is 48.2 Å². The summed E-state index contributed by atoms with van der Waals surface area (Å²) in [7, 11) is 2.97. The molecule has 3 aromatic rings. The van der Waals surface area contributed by atoms with Gasteiger partial charge in [0, 0.05) is 23.8 Å². The number of cyclic esters (lactones) is 1. The zero-order valence-electron chi connectivity index (χ0n) is 16.5. The Bertz CT molecular complexity index is 1150. The van der Waals surface area contributed by atoms with Crippen molar-refractivity contribution in [2.75, 3.05) is 26.1 Å². The van der Waals surface area contributed by atoms with E-state index in [1.165, 1.54) is 32.7 Å². The average Bonchev–Trinajstić information content (AvgIpc) is 3.12. The highest BCUT2D eigenvalue weighted by molar-refractivity contribution is 6.39. The summed E-state index contributed by atoms with van der Waals surface area (Å²) in [6.45, 7) is 0.179. The molecule has 1 atom stereocenters. The van der Waals surface area contributed by atoms with Crippen molar-refractivity contribution in [2.24, 2.45) is 0 Å². The first kappa shape index (κ1) is 22.7. The van der Waals surface area contributed by atoms with Crippen molar-refractivity contribution in [2.45, 2.75) is 12.5 Å². The topological polar surface area (TPSA) is 120 Å². The van der Waals surface area contributed by atoms with Crippen LogP contribution in [0, 0.1) is 0 Å². The minimum absolute atomic E-state index is 0.167. The number of aliphatic hydroxyl groups excluding tert-OH is 1. The third-order valence-electron chi connectivity index (χ3n) is 4.21. The molecule has 31 heavy (non-hydrogen) atoms. The van der Waals surface area contributed by atoms with E-state index in [1.54, 1.807) is 12.1 Å². The lowest BCUT2D eigenvalue weighted by molar-refractivity contribution is -0.137. The first-order valence-corrected chi connectivity index (χ1v) is 9.68. The van der Waals surface area contributed by atoms with E-state index in [2.05, 4.69) is 15.0 Å². The number of halogens is 2. The minimum atomic E-state index is -0.558. The third-order valence-corrected chi connectivity index (χ3v) is 4.78. The molecule has 2 N–H and O–H groups in total. The van der Waals surface area contributed by atoms with Crippen LogP contribution in [0.15, 0.2) is 39.8 Å². The van der Waals surface area contributed by atoms with E-state index in [9.17, 15) is 9.59 Å². The quantitative estimate of drug-likeness (QED) is 0.437. The second-order valence-electron chi connectivity index (χ2n) is 6.30. The lowest BCUT2D eigenvalue weighted by Crippen LogP contribution is -2.03. The number of fused-ring (bicyclic) bond motifs is 1. The molecule has 0 aliphatic carbocycles. The van der Waals surface area contributed by atoms with E-state index in [0.29, 0.717) is 38.3 Å². The molecule has 11 heteroatoms. The van der Waals surface area contributed by atoms with E-state index in [0.717, 1.165) is 0 Å². The number of rotatable bonds is 4. The molecule has 164 valence electrons. The van der Waals surface area contributed by atoms with Crippen molar-refractivity contribution >= 4 is 51.5 Å². The second-order valence-corrected chi connectivity index (χ2v) is 7.12. The summed E-state index contributed by atoms with van der Waals surface area (Å²) < 4.78 is 20.2. The fourth-order valence-electron chi connectivity index (χ4n) is 2.81. The Morgan fingerprint density at radius 1 is 1.16 bits per heavy atom. The Kier molecular flexibility index (Phi) is 7.21. The van der Waals surface area contributed by atoms with Gasteiger partial charge in [-0.1, -0.05) is 23.2 Å². The lowest BCUT2D eigenvalue weighted by Gasteiger charge is -2.14. The van der Waals surface area contributed by atoms with Crippen LogP contribution < -0.4 is 20.4 Å². The molecule has 2 aromatic heterocycles. The first-order chi connectivity index (χ1) is 14.8. The number of pyridine rings is 1. The second kappa shape index (κ2) is 9.86. The number of aliphatic hydroxyl groups is 1. The van der Waals surface area contributed by atoms with E-state index < -0.39 is 11.7 Å². The molecule has 0 amide bonds. The van der Waals surface area contributed by atoms with Crippen LogP contribution in [-0.4, -0.2) is 43.0 Å². The Balaban J connectivity index is 0.000000330. The number of carbonyl (C=O) groups is 1. The zero-order chi connectivity index (χ0) is 22.5. The molecule has 1 aliphatic rings. The Labute approximate surface area is 186 Å². The number of hydrogen-bond acceptors (Lipinski definition) is 9. The maximum Gasteiger partial charge on any atom is 0.338 e. The van der Waals surface area contributed by atoms with Gasteiger partial charge in [0.1, 0.15) is 6.61 Å². The summed E-state index contributed by atoms with van der Waals surface area (Å²) in [5.41, 5.74) is 0.609. The largest absolute Gasteiger partial charge is 0.493 e. The van der Waals surface area contributed by atoms with E-state index in [1.807, 2.05) is 0 Å². The van der Waals surface area contributed by atoms with Crippen LogP contribution >= 0.6 is 23.2 Å². The van der Waals surface area contributed by atoms with Gasteiger partial charge >= 0.3 is 11.6 Å². The van der Waals surface area contributed by atoms with Crippen LogP contribution in [0.1, 0.15) is 6.42 Å². The maximum atomic E-state index is 12.0. The fraction of sp³-hybridized carbons (Fsp3) is 0.250. The molecule has 1 saturated heterocycles. The van der Waals surface area contributed by atoms with Crippen molar-refractivity contribution < 1.29 is 28.5 Å². The van der Waals surface area contributed by atoms with Crippen molar-refractivity contribution in [3.8, 4) is 11.5 Å². The molecule has 1 aromatic carbocycles. The van der Waals surface area contributed by atoms with Gasteiger partial charge in [0.2, 0.25) is 5.75 Å². The monoisotopic (exact) mass is 468 g/mol. The summed E-state index contributed by atoms with van der Waals surface area (Å²) in [6.07, 6.45) is 2.52. The van der Waals surface area contributed by atoms with Gasteiger partial charge in [-0.3, -0.25) is 9.78 Å². The molecule has 0 bridgehead atoms. The Morgan fingerprint density at radius 2 is 1.87 bits per heavy atom. The standard InChI is InChI=1S/C16H12Cl2N2O4.C4H6O3/c1-22-12-4-3-8-11(5-13(21)24-15(8)16(12)23-2)20-14-9(17)6-19-7-10(14)18;5-3-1-4(6)7-2-3/h3-7H,1-2H3,(H,19,20);3,5H,1-2H2. The number of hydrogen-bond donors (Lipinski definition) is 2. The maximum absolute atomic E-state index is 12.0. The van der Waals surface area contributed by atoms with Crippen LogP contribution in [-0.2, 0) is 9.53 Å². The summed E-state index contributed by atoms with van der Waals surface area (Å²) in [4.78, 5) is 25.9. The van der Waals surface area contributed by atoms with Gasteiger partial charge in [-0.25, -0.2) is 4.79 Å². The smallest absolute Gasteiger partial charge is 0.338 e. The molecule has 0 spiro atoms. The number of ether oxygens (including phenoxy) is 3. The summed E-state index contributed by atoms with van der Waals surface area (Å²) >= 11 is 12.2. The number of benzene rings is 1. The molecule has 9 nitrogen and oxygen atoms in total. The number of methoxy groups -OCH3 is 2. The van der Waals surface area contributed by atoms with E-state index in [-0.39, 0.29) is 24.6 Å². The first-order valence-electron chi connectivity index (χ1n) is 8.92. The summed E-state index contributed by atoms with van der Waals surface area (Å²) in [5.74, 6) is 0.473. The molecule has 0 saturated carbocycles. The van der Waals surface area contributed by atoms with Gasteiger partial charge in [0.15, 0.2) is 11.3 Å². The minimum Gasteiger partial charge on any atom is -0.493 e. The normalized spacial score (nSPS) is 15.1. The summed E-state index contributed by atoms with van der Waals surface area (Å²) in [5, 5.41) is 12.9. The molecule has 1 unspecified atom stereocenters. The molecule has 1 aliphatic heterocycles. The van der Waals surface area contributed by atoms with Gasteiger partial charge in [-0.15, -0.1) is 0 Å². The number of aromatic nitrogens is 1. The lowest BCUT2D eigenvalue weighted by atomic mass is 10.1. The molecule has 1 fully saturated rings. The van der Waals surface area contributed by atoms with Crippen LogP contribution in [0.3, 0.4) is 0 Å². The van der Waals surface area contributed by atoms with Gasteiger partial charge in [0.25, 0.3) is 0 Å². The van der Waals surface area contributed by atoms with Crippen LogP contribution in [0.4, 0.5) is 11.4 Å². The number of carbonyl (C=O) groups excluding carboxylic acids is 1. The van der Waals surface area contributed by atoms with Crippen molar-refractivity contribution in [1.29, 1.82) is 0 Å². The van der Waals surface area contributed by atoms with Gasteiger partial charge in [-0.2, -0.15) is 0 Å². The summed E-state index contributed by atoms with van der Waals surface area (Å²) in [6, 6.07) is 4.76. The molecule has 4 rings (SSSR count). The molecular formula is C20H18Cl2N2O7. The van der Waals surface area contributed by atoms with E-state index >= 15 is 0 Å². The molecule has 0 radical (unpaired) electrons. The number of nitrogens with one attached hydrogen (secondary N) is 1. The van der Waals surface area contributed by atoms with Crippen molar-refractivity contribution in [3.63, 3.8) is 0 Å². The molecule has 3 heterocycles. The highest BCUT2D eigenvalue weighted by atomic mass is 35.5. The SMILES string of the molecule is COc1ccc2c(Nc3c(Cl)cncc3Cl)cc(=O)oc2c1OC.O=C1CC(O)CO1. The number of anilines is 2. The fourth-order valence-corrected chi connectivity index (χ4v) is 3.27. The van der Waals surface area contributed by atoms with Crippen molar-refractivity contribution in [1.82, 2.24) is 4.98 Å². The van der Waals surface area contributed by atoms with Crippen LogP contribution in [0.25, 0.3) is 11.0 Å². The predicted molar refractivity (Wildman–Crippen MR) is 115 cm³/mol.